The smallest absolute Gasteiger partial charge is 0.141 e. The van der Waals surface area contributed by atoms with E-state index < -0.39 is 0 Å². The van der Waals surface area contributed by atoms with Crippen molar-refractivity contribution in [1.29, 1.82) is 0 Å². The molecule has 0 amide bonds. The number of ether oxygens (including phenoxy) is 1. The van der Waals surface area contributed by atoms with Crippen molar-refractivity contribution in [3.05, 3.63) is 58.7 Å². The summed E-state index contributed by atoms with van der Waals surface area (Å²) in [5.74, 6) is 0.914. The summed E-state index contributed by atoms with van der Waals surface area (Å²) < 4.78 is 5.46. The van der Waals surface area contributed by atoms with Gasteiger partial charge in [0.15, 0.2) is 0 Å². The van der Waals surface area contributed by atoms with Crippen LogP contribution in [-0.2, 0) is 6.42 Å². The fourth-order valence-electron chi connectivity index (χ4n) is 2.99. The normalized spacial score (nSPS) is 16.9. The van der Waals surface area contributed by atoms with Crippen LogP contribution in [0.3, 0.4) is 0 Å². The second-order valence-electron chi connectivity index (χ2n) is 5.64. The van der Waals surface area contributed by atoms with Gasteiger partial charge in [-0.1, -0.05) is 29.8 Å². The maximum atomic E-state index is 5.46. The average Bonchev–Trinajstić information content (AvgIpc) is 2.82. The molecule has 0 heterocycles. The van der Waals surface area contributed by atoms with Gasteiger partial charge in [-0.05, 0) is 55.5 Å². The van der Waals surface area contributed by atoms with Crippen LogP contribution in [0.25, 0.3) is 0 Å². The molecule has 20 heavy (non-hydrogen) atoms. The van der Waals surface area contributed by atoms with Crippen molar-refractivity contribution in [2.75, 3.05) is 12.4 Å². The van der Waals surface area contributed by atoms with Crippen LogP contribution in [0.15, 0.2) is 36.4 Å². The molecule has 0 aliphatic heterocycles. The third-order valence-corrected chi connectivity index (χ3v) is 4.06. The Bertz CT molecular complexity index is 633. The lowest BCUT2D eigenvalue weighted by molar-refractivity contribution is 0.416. The van der Waals surface area contributed by atoms with E-state index in [0.29, 0.717) is 6.04 Å². The number of benzene rings is 2. The summed E-state index contributed by atoms with van der Waals surface area (Å²) in [6.45, 7) is 4.26. The zero-order valence-electron chi connectivity index (χ0n) is 12.4. The molecule has 2 aromatic carbocycles. The molecule has 1 N–H and O–H groups in total. The first-order valence-electron chi connectivity index (χ1n) is 7.18. The first kappa shape index (κ1) is 13.0. The first-order valence-corrected chi connectivity index (χ1v) is 7.18. The number of hydrogen-bond donors (Lipinski definition) is 1. The summed E-state index contributed by atoms with van der Waals surface area (Å²) in [5.41, 5.74) is 6.57. The van der Waals surface area contributed by atoms with Crippen LogP contribution in [0, 0.1) is 13.8 Å². The van der Waals surface area contributed by atoms with Gasteiger partial charge in [-0.3, -0.25) is 0 Å². The van der Waals surface area contributed by atoms with E-state index in [4.69, 9.17) is 4.74 Å². The monoisotopic (exact) mass is 267 g/mol. The van der Waals surface area contributed by atoms with Gasteiger partial charge in [0.05, 0.1) is 18.8 Å². The summed E-state index contributed by atoms with van der Waals surface area (Å²) in [6.07, 6.45) is 2.30. The van der Waals surface area contributed by atoms with Gasteiger partial charge in [0.1, 0.15) is 5.75 Å². The average molecular weight is 267 g/mol. The van der Waals surface area contributed by atoms with Crippen LogP contribution in [-0.4, -0.2) is 7.11 Å². The highest BCUT2D eigenvalue weighted by atomic mass is 16.5. The summed E-state index contributed by atoms with van der Waals surface area (Å²) >= 11 is 0. The van der Waals surface area contributed by atoms with Gasteiger partial charge in [0.25, 0.3) is 0 Å². The van der Waals surface area contributed by atoms with Crippen LogP contribution in [0.2, 0.25) is 0 Å². The van der Waals surface area contributed by atoms with E-state index in [0.717, 1.165) is 24.3 Å². The quantitative estimate of drug-likeness (QED) is 0.889. The zero-order valence-corrected chi connectivity index (χ0v) is 12.4. The Hall–Kier alpha value is -1.96. The third-order valence-electron chi connectivity index (χ3n) is 4.06. The number of nitrogens with one attached hydrogen (secondary N) is 1. The van der Waals surface area contributed by atoms with E-state index in [2.05, 4.69) is 49.5 Å². The minimum Gasteiger partial charge on any atom is -0.495 e. The van der Waals surface area contributed by atoms with Crippen molar-refractivity contribution in [1.82, 2.24) is 0 Å². The SMILES string of the molecule is COc1ccc(C)cc1NC1CCc2ccc(C)cc21. The highest BCUT2D eigenvalue weighted by molar-refractivity contribution is 5.60. The Kier molecular flexibility index (Phi) is 3.39. The van der Waals surface area contributed by atoms with Crippen molar-refractivity contribution in [3.63, 3.8) is 0 Å². The van der Waals surface area contributed by atoms with Gasteiger partial charge < -0.3 is 10.1 Å². The molecule has 1 atom stereocenters. The highest BCUT2D eigenvalue weighted by Gasteiger charge is 2.23. The number of methoxy groups -OCH3 is 1. The Morgan fingerprint density at radius 2 is 1.80 bits per heavy atom. The van der Waals surface area contributed by atoms with E-state index in [-0.39, 0.29) is 0 Å². The fraction of sp³-hybridized carbons (Fsp3) is 0.333. The lowest BCUT2D eigenvalue weighted by Gasteiger charge is -2.18. The van der Waals surface area contributed by atoms with Crippen molar-refractivity contribution >= 4 is 5.69 Å². The molecule has 1 aliphatic carbocycles. The molecule has 1 unspecified atom stereocenters. The molecule has 1 aliphatic rings. The second-order valence-corrected chi connectivity index (χ2v) is 5.64. The fourth-order valence-corrected chi connectivity index (χ4v) is 2.99. The van der Waals surface area contributed by atoms with Gasteiger partial charge in [-0.15, -0.1) is 0 Å². The van der Waals surface area contributed by atoms with Crippen LogP contribution in [0.4, 0.5) is 5.69 Å². The molecule has 2 aromatic rings. The number of rotatable bonds is 3. The summed E-state index contributed by atoms with van der Waals surface area (Å²) in [4.78, 5) is 0. The molecule has 0 radical (unpaired) electrons. The summed E-state index contributed by atoms with van der Waals surface area (Å²) in [5, 5.41) is 3.66. The molecule has 2 nitrogen and oxygen atoms in total. The van der Waals surface area contributed by atoms with Gasteiger partial charge in [0, 0.05) is 0 Å². The van der Waals surface area contributed by atoms with Gasteiger partial charge >= 0.3 is 0 Å². The van der Waals surface area contributed by atoms with Crippen LogP contribution < -0.4 is 10.1 Å². The van der Waals surface area contributed by atoms with E-state index in [1.54, 1.807) is 7.11 Å². The number of fused-ring (bicyclic) bond motifs is 1. The van der Waals surface area contributed by atoms with Crippen molar-refractivity contribution in [2.45, 2.75) is 32.7 Å². The molecule has 0 spiro atoms. The number of aryl methyl sites for hydroxylation is 3. The predicted octanol–water partition coefficient (Wildman–Crippen LogP) is 4.41. The third kappa shape index (κ3) is 2.38. The second kappa shape index (κ2) is 5.20. The number of anilines is 1. The highest BCUT2D eigenvalue weighted by Crippen LogP contribution is 2.37. The molecule has 0 fully saturated rings. The Morgan fingerprint density at radius 3 is 2.60 bits per heavy atom. The maximum absolute atomic E-state index is 5.46. The van der Waals surface area contributed by atoms with Gasteiger partial charge in [0.2, 0.25) is 0 Å². The largest absolute Gasteiger partial charge is 0.495 e. The lowest BCUT2D eigenvalue weighted by Crippen LogP contribution is -2.08. The molecule has 104 valence electrons. The van der Waals surface area contributed by atoms with Crippen molar-refractivity contribution < 1.29 is 4.74 Å². The maximum Gasteiger partial charge on any atom is 0.141 e. The predicted molar refractivity (Wildman–Crippen MR) is 83.6 cm³/mol. The molecule has 2 heteroatoms. The van der Waals surface area contributed by atoms with E-state index in [1.807, 2.05) is 6.07 Å². The molecule has 0 bridgehead atoms. The molecule has 0 saturated carbocycles. The summed E-state index contributed by atoms with van der Waals surface area (Å²) in [7, 11) is 1.72. The summed E-state index contributed by atoms with van der Waals surface area (Å²) in [6, 6.07) is 13.4. The minimum atomic E-state index is 0.389. The van der Waals surface area contributed by atoms with Crippen molar-refractivity contribution in [2.24, 2.45) is 0 Å². The van der Waals surface area contributed by atoms with Gasteiger partial charge in [-0.2, -0.15) is 0 Å². The zero-order chi connectivity index (χ0) is 14.1. The molecular formula is C18H21NO. The van der Waals surface area contributed by atoms with E-state index >= 15 is 0 Å². The molecule has 0 aromatic heterocycles. The topological polar surface area (TPSA) is 21.3 Å². The van der Waals surface area contributed by atoms with Crippen LogP contribution in [0.1, 0.15) is 34.7 Å². The Labute approximate surface area is 120 Å². The standard InChI is InChI=1S/C18H21NO/c1-12-4-6-14-7-8-16(15(14)10-12)19-17-11-13(2)5-9-18(17)20-3/h4-6,9-11,16,19H,7-8H2,1-3H3. The number of hydrogen-bond acceptors (Lipinski definition) is 2. The molecular weight excluding hydrogens is 246 g/mol. The van der Waals surface area contributed by atoms with Crippen LogP contribution >= 0.6 is 0 Å². The van der Waals surface area contributed by atoms with Crippen molar-refractivity contribution in [3.8, 4) is 5.75 Å². The molecule has 3 rings (SSSR count). The molecule has 0 saturated heterocycles. The minimum absolute atomic E-state index is 0.389. The van der Waals surface area contributed by atoms with Gasteiger partial charge in [-0.25, -0.2) is 0 Å². The lowest BCUT2D eigenvalue weighted by atomic mass is 10.0. The van der Waals surface area contributed by atoms with E-state index in [9.17, 15) is 0 Å². The Morgan fingerprint density at radius 1 is 1.05 bits per heavy atom. The Balaban J connectivity index is 1.91. The van der Waals surface area contributed by atoms with E-state index in [1.165, 1.54) is 22.3 Å². The first-order chi connectivity index (χ1) is 9.67. The van der Waals surface area contributed by atoms with Crippen LogP contribution in [0.5, 0.6) is 5.75 Å².